The summed E-state index contributed by atoms with van der Waals surface area (Å²) in [5.74, 6) is -0.403. The fourth-order valence-electron chi connectivity index (χ4n) is 12.5. The van der Waals surface area contributed by atoms with Crippen LogP contribution in [0.4, 0.5) is 0 Å². The summed E-state index contributed by atoms with van der Waals surface area (Å²) >= 11 is 0. The van der Waals surface area contributed by atoms with Crippen LogP contribution >= 0.6 is 0 Å². The first kappa shape index (κ1) is 43.4. The maximum atomic E-state index is 12.7. The summed E-state index contributed by atoms with van der Waals surface area (Å²) in [6.45, 7) is 7.72. The van der Waals surface area contributed by atoms with Crippen molar-refractivity contribution in [1.82, 2.24) is 0 Å². The Morgan fingerprint density at radius 1 is 0.525 bits per heavy atom. The van der Waals surface area contributed by atoms with Gasteiger partial charge in [-0.1, -0.05) is 83.6 Å². The lowest BCUT2D eigenvalue weighted by Crippen LogP contribution is -2.84. The molecule has 59 heavy (non-hydrogen) atoms. The minimum atomic E-state index is -3.96. The topological polar surface area (TPSA) is 128 Å². The van der Waals surface area contributed by atoms with Gasteiger partial charge in [-0.2, -0.15) is 0 Å². The first-order valence-electron chi connectivity index (χ1n) is 24.0. The number of fused-ring (bicyclic) bond motifs is 4. The lowest BCUT2D eigenvalue weighted by Gasteiger charge is -2.61. The summed E-state index contributed by atoms with van der Waals surface area (Å²) in [7, 11) is -28.1. The summed E-state index contributed by atoms with van der Waals surface area (Å²) in [4.78, 5) is 12.7. The Hall–Kier alpha value is 0.505. The smallest absolute Gasteiger partial charge is 0.462 e. The molecule has 0 N–H and O–H groups in total. The maximum absolute atomic E-state index is 12.7. The van der Waals surface area contributed by atoms with E-state index >= 15 is 0 Å². The molecule has 6 aliphatic carbocycles. The Morgan fingerprint density at radius 3 is 1.22 bits per heavy atom. The number of rotatable bonds is 11. The Labute approximate surface area is 362 Å². The van der Waals surface area contributed by atoms with Crippen molar-refractivity contribution in [3.05, 3.63) is 12.2 Å². The SMILES string of the molecule is C=C(C)C(=O)OCCC[Si]12O[Si]3(C)O[Si]4(C5CCCC5)O[SiH](C5CCCC5)O[Si](C5CCCC5)(O3)O[Si](C3CCCC3)(O[SiH](C3CCCC3)O[Si](C3CCCC3)(O1)O4)O2. The second-order valence-electron chi connectivity index (χ2n) is 19.9. The number of ether oxygens (including phenoxy) is 1. The number of hydrogen-bond acceptors (Lipinski definition) is 13. The predicted molar refractivity (Wildman–Crippen MR) is 235 cm³/mol. The molecule has 21 heteroatoms. The van der Waals surface area contributed by atoms with E-state index < -0.39 is 77.4 Å². The van der Waals surface area contributed by atoms with Gasteiger partial charge in [-0.25, -0.2) is 4.79 Å². The van der Waals surface area contributed by atoms with Crippen LogP contribution in [0.25, 0.3) is 0 Å². The van der Waals surface area contributed by atoms with Gasteiger partial charge in [-0.05, 0) is 101 Å². The normalized spacial score (nSPS) is 44.4. The second kappa shape index (κ2) is 17.4. The predicted octanol–water partition coefficient (Wildman–Crippen LogP) is 9.10. The van der Waals surface area contributed by atoms with E-state index in [1.807, 2.05) is 6.55 Å². The second-order valence-corrected chi connectivity index (χ2v) is 44.4. The standard InChI is InChI=1S/C38H70O13Si8/c1-31(2)38(39)40-29-16-30-55-45-54(3)46-56(34-21-8-9-22-34)41-52(32-17-4-5-18-32)42-57(47-54,35-23-10-11-24-35)51-59(49-55,37-27-14-15-28-37)44-53(33-19-6-7-20-33)43-58(48-55,50-56)36-25-12-13-26-36/h32-37,52-53H,1,4-30H2,2-3H3. The first-order valence-corrected chi connectivity index (χ1v) is 38.6. The molecular formula is C38H70O13Si8. The van der Waals surface area contributed by atoms with Crippen LogP contribution in [0.15, 0.2) is 12.2 Å². The van der Waals surface area contributed by atoms with E-state index in [1.165, 1.54) is 25.7 Å². The number of esters is 1. The first-order chi connectivity index (χ1) is 28.5. The van der Waals surface area contributed by atoms with Gasteiger partial charge in [-0.3, -0.25) is 0 Å². The summed E-state index contributed by atoms with van der Waals surface area (Å²) in [5, 5.41) is 0. The van der Waals surface area contributed by atoms with Crippen LogP contribution in [0.1, 0.15) is 167 Å². The molecule has 0 aromatic carbocycles. The molecule has 6 bridgehead atoms. The lowest BCUT2D eigenvalue weighted by atomic mass is 10.4. The molecule has 4 saturated heterocycles. The van der Waals surface area contributed by atoms with Gasteiger partial charge in [0.05, 0.1) is 6.61 Å². The van der Waals surface area contributed by atoms with E-state index in [0.717, 1.165) is 128 Å². The molecule has 13 nitrogen and oxygen atoms in total. The zero-order chi connectivity index (χ0) is 40.4. The molecule has 0 spiro atoms. The van der Waals surface area contributed by atoms with Crippen LogP contribution in [0.5, 0.6) is 0 Å². The molecule has 4 atom stereocenters. The molecule has 0 aromatic heterocycles. The van der Waals surface area contributed by atoms with Gasteiger partial charge in [0.25, 0.3) is 0 Å². The fraction of sp³-hybridized carbons (Fsp3) is 0.921. The Balaban J connectivity index is 1.19. The molecule has 0 radical (unpaired) electrons. The van der Waals surface area contributed by atoms with Crippen molar-refractivity contribution in [2.45, 2.75) is 213 Å². The minimum Gasteiger partial charge on any atom is -0.462 e. The number of carbonyl (C=O) groups excluding carboxylic acids is 1. The van der Waals surface area contributed by atoms with Crippen molar-refractivity contribution in [3.63, 3.8) is 0 Å². The van der Waals surface area contributed by atoms with Gasteiger partial charge in [0.2, 0.25) is 0 Å². The van der Waals surface area contributed by atoms with E-state index in [4.69, 9.17) is 50.0 Å². The molecule has 10 fully saturated rings. The molecule has 4 aliphatic heterocycles. The summed E-state index contributed by atoms with van der Waals surface area (Å²) in [5.41, 5.74) is 1.29. The van der Waals surface area contributed by atoms with Gasteiger partial charge in [-0.15, -0.1) is 0 Å². The van der Waals surface area contributed by atoms with E-state index in [9.17, 15) is 4.79 Å². The third-order valence-corrected chi connectivity index (χ3v) is 51.9. The molecule has 4 heterocycles. The monoisotopic (exact) mass is 958 g/mol. The quantitative estimate of drug-likeness (QED) is 0.0847. The largest absolute Gasteiger partial charge is 0.480 e. The minimum absolute atomic E-state index is 0.0576. The van der Waals surface area contributed by atoms with Crippen molar-refractivity contribution < 1.29 is 54.8 Å². The van der Waals surface area contributed by atoms with Crippen LogP contribution in [0, 0.1) is 0 Å². The van der Waals surface area contributed by atoms with Crippen molar-refractivity contribution in [3.8, 4) is 0 Å². The average molecular weight is 960 g/mol. The van der Waals surface area contributed by atoms with Gasteiger partial charge in [0.1, 0.15) is 0 Å². The van der Waals surface area contributed by atoms with Crippen LogP contribution < -0.4 is 0 Å². The highest BCUT2D eigenvalue weighted by molar-refractivity contribution is 7.00. The van der Waals surface area contributed by atoms with Crippen molar-refractivity contribution in [2.75, 3.05) is 6.61 Å². The molecule has 0 amide bonds. The fourth-order valence-corrected chi connectivity index (χ4v) is 62.1. The molecule has 4 unspecified atom stereocenters. The highest BCUT2D eigenvalue weighted by Gasteiger charge is 2.80. The zero-order valence-corrected chi connectivity index (χ0v) is 44.0. The number of carbonyl (C=O) groups is 1. The van der Waals surface area contributed by atoms with Crippen LogP contribution in [0.2, 0.25) is 45.8 Å². The van der Waals surface area contributed by atoms with Gasteiger partial charge in [0, 0.05) is 40.3 Å². The third kappa shape index (κ3) is 8.47. The van der Waals surface area contributed by atoms with Crippen molar-refractivity contribution >= 4 is 77.4 Å². The molecule has 6 saturated carbocycles. The number of hydrogen-bond donors (Lipinski definition) is 0. The summed E-state index contributed by atoms with van der Waals surface area (Å²) in [6, 6.07) is 0.376. The van der Waals surface area contributed by atoms with Crippen LogP contribution in [-0.2, 0) is 54.8 Å². The van der Waals surface area contributed by atoms with Gasteiger partial charge >= 0.3 is 77.4 Å². The molecular weight excluding hydrogens is 889 g/mol. The molecule has 332 valence electrons. The molecule has 10 aliphatic rings. The summed E-state index contributed by atoms with van der Waals surface area (Å²) in [6.07, 6.45) is 26.0. The van der Waals surface area contributed by atoms with E-state index in [-0.39, 0.29) is 28.8 Å². The van der Waals surface area contributed by atoms with E-state index in [2.05, 4.69) is 6.58 Å². The average Bonchev–Trinajstić information content (AvgIpc) is 4.05. The van der Waals surface area contributed by atoms with E-state index in [1.54, 1.807) is 6.92 Å². The van der Waals surface area contributed by atoms with Crippen molar-refractivity contribution in [1.29, 1.82) is 0 Å². The van der Waals surface area contributed by atoms with Crippen LogP contribution in [-0.4, -0.2) is 84.0 Å². The van der Waals surface area contributed by atoms with Crippen LogP contribution in [0.3, 0.4) is 0 Å². The van der Waals surface area contributed by atoms with Crippen molar-refractivity contribution in [2.24, 2.45) is 0 Å². The Morgan fingerprint density at radius 2 is 0.864 bits per heavy atom. The van der Waals surface area contributed by atoms with Gasteiger partial charge in [0.15, 0.2) is 0 Å². The Bertz CT molecular complexity index is 1470. The highest BCUT2D eigenvalue weighted by Crippen LogP contribution is 2.59. The maximum Gasteiger partial charge on any atom is 0.480 e. The zero-order valence-electron chi connectivity index (χ0n) is 35.7. The highest BCUT2D eigenvalue weighted by atomic mass is 28.6. The Kier molecular flexibility index (Phi) is 12.8. The van der Waals surface area contributed by atoms with E-state index in [0.29, 0.717) is 29.1 Å². The summed E-state index contributed by atoms with van der Waals surface area (Å²) < 4.78 is 94.0. The lowest BCUT2D eigenvalue weighted by molar-refractivity contribution is -0.139. The molecule has 10 rings (SSSR count). The third-order valence-electron chi connectivity index (χ3n) is 15.5. The van der Waals surface area contributed by atoms with Gasteiger partial charge < -0.3 is 50.0 Å². The molecule has 0 aromatic rings.